The number of rotatable bonds is 5. The molecule has 0 aromatic heterocycles. The van der Waals surface area contributed by atoms with Crippen molar-refractivity contribution in [2.45, 2.75) is 12.3 Å². The molecule has 1 fully saturated rings. The molecule has 126 valence electrons. The average molecular weight is 330 g/mol. The normalized spacial score (nSPS) is 20.3. The van der Waals surface area contributed by atoms with E-state index in [2.05, 4.69) is 0 Å². The summed E-state index contributed by atoms with van der Waals surface area (Å²) >= 11 is 0. The molecule has 0 amide bonds. The second kappa shape index (κ2) is 7.34. The van der Waals surface area contributed by atoms with Gasteiger partial charge in [0.1, 0.15) is 17.3 Å². The lowest BCUT2D eigenvalue weighted by Gasteiger charge is -2.30. The lowest BCUT2D eigenvalue weighted by molar-refractivity contribution is -0.152. The molecular weight excluding hydrogens is 311 g/mol. The predicted octanol–water partition coefficient (Wildman–Crippen LogP) is 3.56. The molecule has 4 nitrogen and oxygen atoms in total. The highest BCUT2D eigenvalue weighted by atomic mass is 19.1. The number of benzene rings is 2. The summed E-state index contributed by atoms with van der Waals surface area (Å²) in [6, 6.07) is 13.3. The van der Waals surface area contributed by atoms with E-state index in [0.717, 1.165) is 11.3 Å². The van der Waals surface area contributed by atoms with E-state index >= 15 is 0 Å². The Morgan fingerprint density at radius 3 is 2.42 bits per heavy atom. The fraction of sp³-hybridized carbons (Fsp3) is 0.316. The quantitative estimate of drug-likeness (QED) is 0.786. The second-order valence-corrected chi connectivity index (χ2v) is 5.73. The summed E-state index contributed by atoms with van der Waals surface area (Å²) in [7, 11) is 1.61. The number of cyclic esters (lactones) is 1. The van der Waals surface area contributed by atoms with E-state index in [9.17, 15) is 9.18 Å². The van der Waals surface area contributed by atoms with Crippen LogP contribution >= 0.6 is 0 Å². The van der Waals surface area contributed by atoms with Crippen LogP contribution in [0.25, 0.3) is 0 Å². The van der Waals surface area contributed by atoms with Crippen molar-refractivity contribution in [3.05, 3.63) is 59.9 Å². The molecular formula is C19H19FO4. The minimum atomic E-state index is -0.433. The third-order valence-electron chi connectivity index (χ3n) is 4.21. The topological polar surface area (TPSA) is 44.8 Å². The molecule has 0 radical (unpaired) electrons. The summed E-state index contributed by atoms with van der Waals surface area (Å²) in [6.07, 6.45) is 0.712. The monoisotopic (exact) mass is 330 g/mol. The van der Waals surface area contributed by atoms with E-state index < -0.39 is 5.92 Å². The van der Waals surface area contributed by atoms with E-state index in [0.29, 0.717) is 25.4 Å². The maximum atomic E-state index is 13.1. The van der Waals surface area contributed by atoms with Crippen molar-refractivity contribution < 1.29 is 23.4 Å². The highest BCUT2D eigenvalue weighted by Gasteiger charge is 2.35. The molecule has 3 rings (SSSR count). The van der Waals surface area contributed by atoms with Gasteiger partial charge in [-0.2, -0.15) is 0 Å². The number of carbonyl (C=O) groups is 1. The van der Waals surface area contributed by atoms with Gasteiger partial charge in [-0.15, -0.1) is 0 Å². The van der Waals surface area contributed by atoms with Gasteiger partial charge >= 0.3 is 5.97 Å². The second-order valence-electron chi connectivity index (χ2n) is 5.73. The van der Waals surface area contributed by atoms with Crippen LogP contribution in [-0.4, -0.2) is 26.3 Å². The molecule has 1 saturated heterocycles. The van der Waals surface area contributed by atoms with Crippen LogP contribution in [0.15, 0.2) is 48.5 Å². The van der Waals surface area contributed by atoms with Crippen LogP contribution in [0.1, 0.15) is 17.9 Å². The van der Waals surface area contributed by atoms with E-state index in [1.54, 1.807) is 19.2 Å². The van der Waals surface area contributed by atoms with Gasteiger partial charge in [0.2, 0.25) is 0 Å². The first-order valence-electron chi connectivity index (χ1n) is 7.86. The first kappa shape index (κ1) is 16.3. The van der Waals surface area contributed by atoms with Crippen LogP contribution in [0, 0.1) is 11.7 Å². The first-order chi connectivity index (χ1) is 11.7. The summed E-state index contributed by atoms with van der Waals surface area (Å²) in [4.78, 5) is 12.2. The summed E-state index contributed by atoms with van der Waals surface area (Å²) in [5.41, 5.74) is 0.754. The molecule has 0 aliphatic carbocycles. The van der Waals surface area contributed by atoms with E-state index in [1.807, 2.05) is 24.3 Å². The Hall–Kier alpha value is -2.56. The Morgan fingerprint density at radius 2 is 1.75 bits per heavy atom. The molecule has 2 aromatic carbocycles. The summed E-state index contributed by atoms with van der Waals surface area (Å²) < 4.78 is 29.3. The number of halogens is 1. The predicted molar refractivity (Wildman–Crippen MR) is 86.7 cm³/mol. The number of hydrogen-bond donors (Lipinski definition) is 0. The zero-order valence-electron chi connectivity index (χ0n) is 13.4. The number of hydrogen-bond acceptors (Lipinski definition) is 4. The van der Waals surface area contributed by atoms with Crippen molar-refractivity contribution in [3.8, 4) is 11.5 Å². The van der Waals surface area contributed by atoms with Gasteiger partial charge in [0, 0.05) is 5.92 Å². The standard InChI is InChI=1S/C19H19FO4/c1-22-16-6-8-17(9-7-16)24-12-14-10-11-23-19(21)18(14)13-2-4-15(20)5-3-13/h2-9,14,18H,10-12H2,1H3/t14-,18-/m0/s1. The van der Waals surface area contributed by atoms with E-state index in [1.165, 1.54) is 12.1 Å². The average Bonchev–Trinajstić information content (AvgIpc) is 2.61. The maximum absolute atomic E-state index is 13.1. The van der Waals surface area contributed by atoms with Crippen LogP contribution in [0.2, 0.25) is 0 Å². The summed E-state index contributed by atoms with van der Waals surface area (Å²) in [5.74, 6) is 0.418. The van der Waals surface area contributed by atoms with Crippen LogP contribution in [0.5, 0.6) is 11.5 Å². The minimum Gasteiger partial charge on any atom is -0.497 e. The molecule has 5 heteroatoms. The zero-order chi connectivity index (χ0) is 16.9. The van der Waals surface area contributed by atoms with E-state index in [-0.39, 0.29) is 17.7 Å². The lowest BCUT2D eigenvalue weighted by Crippen LogP contribution is -2.34. The highest BCUT2D eigenvalue weighted by molar-refractivity contribution is 5.79. The molecule has 0 unspecified atom stereocenters. The number of methoxy groups -OCH3 is 1. The fourth-order valence-corrected chi connectivity index (χ4v) is 2.89. The SMILES string of the molecule is COc1ccc(OC[C@@H]2CCOC(=O)[C@H]2c2ccc(F)cc2)cc1. The van der Waals surface area contributed by atoms with Gasteiger partial charge < -0.3 is 14.2 Å². The molecule has 24 heavy (non-hydrogen) atoms. The van der Waals surface area contributed by atoms with Crippen LogP contribution in [0.3, 0.4) is 0 Å². The molecule has 2 atom stereocenters. The molecule has 0 spiro atoms. The van der Waals surface area contributed by atoms with Gasteiger partial charge in [-0.1, -0.05) is 12.1 Å². The minimum absolute atomic E-state index is 0.0150. The van der Waals surface area contributed by atoms with E-state index in [4.69, 9.17) is 14.2 Å². The molecule has 2 aromatic rings. The fourth-order valence-electron chi connectivity index (χ4n) is 2.89. The molecule has 1 aliphatic heterocycles. The highest BCUT2D eigenvalue weighted by Crippen LogP contribution is 2.33. The third-order valence-corrected chi connectivity index (χ3v) is 4.21. The Bertz CT molecular complexity index is 682. The molecule has 1 heterocycles. The van der Waals surface area contributed by atoms with Crippen LogP contribution < -0.4 is 9.47 Å². The smallest absolute Gasteiger partial charge is 0.313 e. The van der Waals surface area contributed by atoms with Crippen LogP contribution in [0.4, 0.5) is 4.39 Å². The summed E-state index contributed by atoms with van der Waals surface area (Å²) in [5, 5.41) is 0. The Kier molecular flexibility index (Phi) is 4.99. The van der Waals surface area contributed by atoms with Gasteiger partial charge in [0.15, 0.2) is 0 Å². The Labute approximate surface area is 140 Å². The first-order valence-corrected chi connectivity index (χ1v) is 7.86. The maximum Gasteiger partial charge on any atom is 0.313 e. The third kappa shape index (κ3) is 3.67. The number of ether oxygens (including phenoxy) is 3. The van der Waals surface area contributed by atoms with Gasteiger partial charge in [-0.3, -0.25) is 4.79 Å². The molecule has 0 N–H and O–H groups in total. The van der Waals surface area contributed by atoms with Gasteiger partial charge in [-0.05, 0) is 48.4 Å². The lowest BCUT2D eigenvalue weighted by atomic mass is 9.83. The summed E-state index contributed by atoms with van der Waals surface area (Å²) in [6.45, 7) is 0.774. The van der Waals surface area contributed by atoms with Gasteiger partial charge in [0.25, 0.3) is 0 Å². The van der Waals surface area contributed by atoms with Crippen molar-refractivity contribution in [1.82, 2.24) is 0 Å². The van der Waals surface area contributed by atoms with Gasteiger partial charge in [-0.25, -0.2) is 4.39 Å². The van der Waals surface area contributed by atoms with Crippen molar-refractivity contribution in [1.29, 1.82) is 0 Å². The molecule has 1 aliphatic rings. The van der Waals surface area contributed by atoms with Crippen molar-refractivity contribution in [2.75, 3.05) is 20.3 Å². The van der Waals surface area contributed by atoms with Crippen molar-refractivity contribution in [3.63, 3.8) is 0 Å². The Balaban J connectivity index is 1.71. The van der Waals surface area contributed by atoms with Gasteiger partial charge in [0.05, 0.1) is 26.2 Å². The largest absolute Gasteiger partial charge is 0.497 e. The molecule has 0 saturated carbocycles. The Morgan fingerprint density at radius 1 is 1.08 bits per heavy atom. The van der Waals surface area contributed by atoms with Crippen molar-refractivity contribution in [2.24, 2.45) is 5.92 Å². The zero-order valence-corrected chi connectivity index (χ0v) is 13.4. The van der Waals surface area contributed by atoms with Crippen molar-refractivity contribution >= 4 is 5.97 Å². The number of carbonyl (C=O) groups excluding carboxylic acids is 1. The van der Waals surface area contributed by atoms with Crippen LogP contribution in [-0.2, 0) is 9.53 Å². The number of esters is 1. The molecule has 0 bridgehead atoms.